The average Bonchev–Trinajstić information content (AvgIpc) is 2.71. The van der Waals surface area contributed by atoms with Gasteiger partial charge in [-0.05, 0) is 50.5 Å². The molecule has 1 aromatic rings. The summed E-state index contributed by atoms with van der Waals surface area (Å²) in [5.41, 5.74) is 2.85. The number of nitrogens with zero attached hydrogens (tertiary/aromatic N) is 1. The van der Waals surface area contributed by atoms with Gasteiger partial charge in [0, 0.05) is 5.56 Å². The minimum absolute atomic E-state index is 0.236. The maximum absolute atomic E-state index is 9.38. The molecule has 0 radical (unpaired) electrons. The molecule has 0 fully saturated rings. The molecule has 1 aliphatic rings. The summed E-state index contributed by atoms with van der Waals surface area (Å²) in [6, 6.07) is 5.70. The Bertz CT molecular complexity index is 440. The number of fused-ring (bicyclic) bond motifs is 1. The van der Waals surface area contributed by atoms with E-state index >= 15 is 0 Å². The van der Waals surface area contributed by atoms with Gasteiger partial charge in [0.2, 0.25) is 0 Å². The second kappa shape index (κ2) is 4.75. The first-order valence-electron chi connectivity index (χ1n) is 5.80. The van der Waals surface area contributed by atoms with Crippen LogP contribution < -0.4 is 4.74 Å². The quantitative estimate of drug-likeness (QED) is 0.622. The summed E-state index contributed by atoms with van der Waals surface area (Å²) in [5.74, 6) is 0.747. The predicted molar refractivity (Wildman–Crippen MR) is 64.9 cm³/mol. The summed E-state index contributed by atoms with van der Waals surface area (Å²) in [6.07, 6.45) is 0.897. The zero-order valence-electron chi connectivity index (χ0n) is 10.1. The van der Waals surface area contributed by atoms with Gasteiger partial charge in [0.15, 0.2) is 0 Å². The van der Waals surface area contributed by atoms with Crippen molar-refractivity contribution < 1.29 is 15.1 Å². The monoisotopic (exact) mass is 235 g/mol. The van der Waals surface area contributed by atoms with Crippen LogP contribution in [-0.4, -0.2) is 28.2 Å². The molecule has 0 aliphatic heterocycles. The van der Waals surface area contributed by atoms with Crippen LogP contribution in [0.2, 0.25) is 0 Å². The second-order valence-electron chi connectivity index (χ2n) is 4.43. The van der Waals surface area contributed by atoms with Gasteiger partial charge in [-0.15, -0.1) is 0 Å². The van der Waals surface area contributed by atoms with E-state index in [1.807, 2.05) is 25.1 Å². The van der Waals surface area contributed by atoms with Gasteiger partial charge < -0.3 is 15.1 Å². The highest BCUT2D eigenvalue weighted by atomic mass is 16.5. The molecule has 0 spiro atoms. The largest absolute Gasteiger partial charge is 0.488 e. The lowest BCUT2D eigenvalue weighted by Gasteiger charge is -2.17. The van der Waals surface area contributed by atoms with E-state index in [0.29, 0.717) is 0 Å². The third-order valence-corrected chi connectivity index (χ3v) is 3.14. The maximum atomic E-state index is 9.38. The van der Waals surface area contributed by atoms with Crippen molar-refractivity contribution in [2.75, 3.05) is 0 Å². The van der Waals surface area contributed by atoms with Gasteiger partial charge in [-0.25, -0.2) is 0 Å². The molecule has 0 saturated carbocycles. The second-order valence-corrected chi connectivity index (χ2v) is 4.43. The third kappa shape index (κ3) is 2.42. The minimum Gasteiger partial charge on any atom is -0.488 e. The van der Waals surface area contributed by atoms with E-state index in [1.165, 1.54) is 0 Å². The van der Waals surface area contributed by atoms with E-state index in [1.54, 1.807) is 6.92 Å². The number of aryl methyl sites for hydroxylation is 1. The summed E-state index contributed by atoms with van der Waals surface area (Å²) in [4.78, 5) is 0. The van der Waals surface area contributed by atoms with Crippen molar-refractivity contribution in [1.29, 1.82) is 0 Å². The minimum atomic E-state index is -0.502. The van der Waals surface area contributed by atoms with Gasteiger partial charge in [-0.2, -0.15) is 0 Å². The van der Waals surface area contributed by atoms with Crippen LogP contribution in [0.25, 0.3) is 0 Å². The van der Waals surface area contributed by atoms with Gasteiger partial charge in [0.05, 0.1) is 11.8 Å². The molecule has 1 aliphatic carbocycles. The smallest absolute Gasteiger partial charge is 0.121 e. The molecule has 2 N–H and O–H groups in total. The Hall–Kier alpha value is -1.55. The van der Waals surface area contributed by atoms with E-state index in [2.05, 4.69) is 5.16 Å². The van der Waals surface area contributed by atoms with E-state index in [9.17, 15) is 5.11 Å². The van der Waals surface area contributed by atoms with E-state index in [4.69, 9.17) is 9.94 Å². The van der Waals surface area contributed by atoms with Crippen LogP contribution >= 0.6 is 0 Å². The van der Waals surface area contributed by atoms with Gasteiger partial charge in [0.25, 0.3) is 0 Å². The van der Waals surface area contributed by atoms with E-state index in [-0.39, 0.29) is 6.10 Å². The first-order valence-corrected chi connectivity index (χ1v) is 5.80. The van der Waals surface area contributed by atoms with E-state index < -0.39 is 6.10 Å². The maximum Gasteiger partial charge on any atom is 0.121 e. The molecule has 0 heterocycles. The van der Waals surface area contributed by atoms with Crippen LogP contribution in [0.5, 0.6) is 5.75 Å². The molecule has 17 heavy (non-hydrogen) atoms. The van der Waals surface area contributed by atoms with Gasteiger partial charge in [-0.1, -0.05) is 5.16 Å². The standard InChI is InChI=1S/C13H17NO3/c1-8(15)9(2)17-11-4-5-12-10(7-11)3-6-13(12)14-16/h4-5,7-9,15-16H,3,6H2,1-2H3/b14-13+. The van der Waals surface area contributed by atoms with Gasteiger partial charge in [-0.3, -0.25) is 0 Å². The molecule has 0 amide bonds. The highest BCUT2D eigenvalue weighted by molar-refractivity contribution is 6.04. The van der Waals surface area contributed by atoms with Crippen LogP contribution in [0.3, 0.4) is 0 Å². The summed E-state index contributed by atoms with van der Waals surface area (Å²) >= 11 is 0. The van der Waals surface area contributed by atoms with Crippen LogP contribution in [0.15, 0.2) is 23.4 Å². The normalized spacial score (nSPS) is 20.1. The number of rotatable bonds is 3. The lowest BCUT2D eigenvalue weighted by Crippen LogP contribution is -2.25. The number of aliphatic hydroxyl groups is 1. The summed E-state index contributed by atoms with van der Waals surface area (Å²) in [6.45, 7) is 3.53. The fourth-order valence-electron chi connectivity index (χ4n) is 1.94. The third-order valence-electron chi connectivity index (χ3n) is 3.14. The molecule has 2 atom stereocenters. The zero-order valence-corrected chi connectivity index (χ0v) is 10.1. The summed E-state index contributed by atoms with van der Waals surface area (Å²) < 4.78 is 5.62. The number of benzene rings is 1. The number of hydrogen-bond acceptors (Lipinski definition) is 4. The van der Waals surface area contributed by atoms with Crippen LogP contribution in [-0.2, 0) is 6.42 Å². The molecule has 0 saturated heterocycles. The van der Waals surface area contributed by atoms with Crippen molar-refractivity contribution in [2.45, 2.75) is 38.9 Å². The van der Waals surface area contributed by atoms with Crippen LogP contribution in [0.4, 0.5) is 0 Å². The highest BCUT2D eigenvalue weighted by Gasteiger charge is 2.19. The molecule has 2 unspecified atom stereocenters. The molecular formula is C13H17NO3. The average molecular weight is 235 g/mol. The molecular weight excluding hydrogens is 218 g/mol. The Kier molecular flexibility index (Phi) is 3.33. The van der Waals surface area contributed by atoms with Gasteiger partial charge >= 0.3 is 0 Å². The van der Waals surface area contributed by atoms with Crippen LogP contribution in [0.1, 0.15) is 31.4 Å². The van der Waals surface area contributed by atoms with Crippen molar-refractivity contribution in [2.24, 2.45) is 5.16 Å². The van der Waals surface area contributed by atoms with Crippen LogP contribution in [0, 0.1) is 0 Å². The number of oxime groups is 1. The first-order chi connectivity index (χ1) is 8.11. The molecule has 0 aromatic heterocycles. The zero-order chi connectivity index (χ0) is 12.4. The fraction of sp³-hybridized carbons (Fsp3) is 0.462. The Morgan fingerprint density at radius 3 is 2.71 bits per heavy atom. The van der Waals surface area contributed by atoms with Gasteiger partial charge in [0.1, 0.15) is 11.9 Å². The van der Waals surface area contributed by atoms with Crippen molar-refractivity contribution in [1.82, 2.24) is 0 Å². The summed E-state index contributed by atoms with van der Waals surface area (Å²) in [7, 11) is 0. The Balaban J connectivity index is 2.18. The Morgan fingerprint density at radius 1 is 1.29 bits per heavy atom. The fourth-order valence-corrected chi connectivity index (χ4v) is 1.94. The Morgan fingerprint density at radius 2 is 2.06 bits per heavy atom. The topological polar surface area (TPSA) is 62.0 Å². The number of hydrogen-bond donors (Lipinski definition) is 2. The molecule has 2 rings (SSSR count). The number of aliphatic hydroxyl groups excluding tert-OH is 1. The number of ether oxygens (including phenoxy) is 1. The first kappa shape index (κ1) is 11.9. The predicted octanol–water partition coefficient (Wildman–Crippen LogP) is 1.96. The highest BCUT2D eigenvalue weighted by Crippen LogP contribution is 2.27. The molecule has 1 aromatic carbocycles. The van der Waals surface area contributed by atoms with E-state index in [0.717, 1.165) is 35.4 Å². The van der Waals surface area contributed by atoms with Crippen molar-refractivity contribution in [3.05, 3.63) is 29.3 Å². The molecule has 4 nitrogen and oxygen atoms in total. The summed E-state index contributed by atoms with van der Waals surface area (Å²) in [5, 5.41) is 21.5. The SMILES string of the molecule is CC(O)C(C)Oc1ccc2c(c1)CC/C2=N\O. The molecule has 0 bridgehead atoms. The lowest BCUT2D eigenvalue weighted by atomic mass is 10.1. The molecule has 4 heteroatoms. The van der Waals surface area contributed by atoms with Crippen molar-refractivity contribution >= 4 is 5.71 Å². The lowest BCUT2D eigenvalue weighted by molar-refractivity contribution is 0.0604. The van der Waals surface area contributed by atoms with Crippen molar-refractivity contribution in [3.63, 3.8) is 0 Å². The Labute approximate surface area is 101 Å². The molecule has 92 valence electrons. The van der Waals surface area contributed by atoms with Crippen molar-refractivity contribution in [3.8, 4) is 5.75 Å².